The molecule has 128 valence electrons. The molecule has 2 aromatic carbocycles. The molecule has 0 bridgehead atoms. The molecule has 26 heavy (non-hydrogen) atoms. The Balaban J connectivity index is 1.65. The first-order valence-electron chi connectivity index (χ1n) is 7.67. The highest BCUT2D eigenvalue weighted by Crippen LogP contribution is 2.25. The normalized spacial score (nSPS) is 10.5. The Labute approximate surface area is 154 Å². The van der Waals surface area contributed by atoms with Crippen molar-refractivity contribution in [2.24, 2.45) is 4.99 Å². The van der Waals surface area contributed by atoms with Gasteiger partial charge in [-0.15, -0.1) is 11.3 Å². The van der Waals surface area contributed by atoms with Gasteiger partial charge in [0.25, 0.3) is 0 Å². The van der Waals surface area contributed by atoms with Crippen LogP contribution < -0.4 is 9.47 Å². The lowest BCUT2D eigenvalue weighted by Crippen LogP contribution is -2.08. The molecule has 0 unspecified atom stereocenters. The van der Waals surface area contributed by atoms with E-state index in [-0.39, 0.29) is 0 Å². The Morgan fingerprint density at radius 3 is 2.42 bits per heavy atom. The fraction of sp³-hybridized carbons (Fsp3) is 0.0500. The number of carbonyl (C=O) groups is 1. The van der Waals surface area contributed by atoms with Crippen molar-refractivity contribution in [2.75, 3.05) is 7.11 Å². The second-order valence-electron chi connectivity index (χ2n) is 5.20. The molecule has 1 aromatic heterocycles. The number of rotatable bonds is 5. The number of nitrogens with zero attached hydrogens (tertiary/aromatic N) is 2. The van der Waals surface area contributed by atoms with Crippen molar-refractivity contribution in [1.29, 1.82) is 5.26 Å². The van der Waals surface area contributed by atoms with Crippen LogP contribution in [0, 0.1) is 11.3 Å². The van der Waals surface area contributed by atoms with Gasteiger partial charge in [0.2, 0.25) is 0 Å². The van der Waals surface area contributed by atoms with E-state index in [0.29, 0.717) is 27.6 Å². The molecule has 0 fully saturated rings. The molecule has 0 aliphatic heterocycles. The molecule has 3 rings (SSSR count). The minimum atomic E-state index is -0.439. The SMILES string of the molecule is COc1ccc(C(=O)Oc2ccc(/C=N/c3sccc3C#N)cc2)cc1. The quantitative estimate of drug-likeness (QED) is 0.378. The Kier molecular flexibility index (Phi) is 5.42. The van der Waals surface area contributed by atoms with E-state index >= 15 is 0 Å². The molecular weight excluding hydrogens is 348 g/mol. The van der Waals surface area contributed by atoms with Gasteiger partial charge >= 0.3 is 5.97 Å². The smallest absolute Gasteiger partial charge is 0.343 e. The third kappa shape index (κ3) is 4.15. The van der Waals surface area contributed by atoms with Crippen molar-refractivity contribution < 1.29 is 14.3 Å². The van der Waals surface area contributed by atoms with Crippen LogP contribution in [0.1, 0.15) is 21.5 Å². The molecule has 0 N–H and O–H groups in total. The predicted molar refractivity (Wildman–Crippen MR) is 101 cm³/mol. The fourth-order valence-electron chi connectivity index (χ4n) is 2.13. The molecule has 0 saturated heterocycles. The number of carbonyl (C=O) groups excluding carboxylic acids is 1. The monoisotopic (exact) mass is 362 g/mol. The minimum absolute atomic E-state index is 0.439. The summed E-state index contributed by atoms with van der Waals surface area (Å²) >= 11 is 1.41. The average Bonchev–Trinajstić information content (AvgIpc) is 3.15. The van der Waals surface area contributed by atoms with E-state index in [1.807, 2.05) is 5.38 Å². The zero-order valence-electron chi connectivity index (χ0n) is 13.9. The lowest BCUT2D eigenvalue weighted by atomic mass is 10.2. The highest BCUT2D eigenvalue weighted by Gasteiger charge is 2.08. The van der Waals surface area contributed by atoms with Crippen LogP contribution in [0.15, 0.2) is 65.0 Å². The van der Waals surface area contributed by atoms with Gasteiger partial charge in [0.15, 0.2) is 0 Å². The van der Waals surface area contributed by atoms with Gasteiger partial charge in [0.05, 0.1) is 18.2 Å². The molecule has 0 aliphatic rings. The van der Waals surface area contributed by atoms with Gasteiger partial charge in [-0.05, 0) is 65.5 Å². The third-order valence-corrected chi connectivity index (χ3v) is 4.33. The van der Waals surface area contributed by atoms with Gasteiger partial charge in [-0.1, -0.05) is 0 Å². The molecule has 0 aliphatic carbocycles. The lowest BCUT2D eigenvalue weighted by molar-refractivity contribution is 0.0734. The number of esters is 1. The van der Waals surface area contributed by atoms with Crippen LogP contribution in [0.2, 0.25) is 0 Å². The third-order valence-electron chi connectivity index (χ3n) is 3.51. The van der Waals surface area contributed by atoms with Gasteiger partial charge in [-0.2, -0.15) is 5.26 Å². The van der Waals surface area contributed by atoms with Crippen LogP contribution in [0.4, 0.5) is 5.00 Å². The Hall–Kier alpha value is -3.43. The average molecular weight is 362 g/mol. The number of methoxy groups -OCH3 is 1. The maximum atomic E-state index is 12.1. The Morgan fingerprint density at radius 1 is 1.08 bits per heavy atom. The zero-order chi connectivity index (χ0) is 18.4. The number of benzene rings is 2. The van der Waals surface area contributed by atoms with Gasteiger partial charge < -0.3 is 9.47 Å². The van der Waals surface area contributed by atoms with E-state index in [4.69, 9.17) is 14.7 Å². The highest BCUT2D eigenvalue weighted by molar-refractivity contribution is 7.14. The number of thiophene rings is 1. The summed E-state index contributed by atoms with van der Waals surface area (Å²) in [5, 5.41) is 11.5. The molecule has 6 heteroatoms. The summed E-state index contributed by atoms with van der Waals surface area (Å²) in [7, 11) is 1.57. The maximum Gasteiger partial charge on any atom is 0.343 e. The first kappa shape index (κ1) is 17.4. The van der Waals surface area contributed by atoms with Gasteiger partial charge in [0.1, 0.15) is 22.6 Å². The number of aliphatic imine (C=N–C) groups is 1. The summed E-state index contributed by atoms with van der Waals surface area (Å²) in [6, 6.07) is 17.5. The highest BCUT2D eigenvalue weighted by atomic mass is 32.1. The molecule has 0 radical (unpaired) electrons. The Bertz CT molecular complexity index is 968. The van der Waals surface area contributed by atoms with E-state index < -0.39 is 5.97 Å². The van der Waals surface area contributed by atoms with Crippen LogP contribution in [-0.4, -0.2) is 19.3 Å². The van der Waals surface area contributed by atoms with E-state index in [1.165, 1.54) is 11.3 Å². The molecule has 0 saturated carbocycles. The van der Waals surface area contributed by atoms with Crippen molar-refractivity contribution in [3.63, 3.8) is 0 Å². The van der Waals surface area contributed by atoms with Crippen LogP contribution in [0.5, 0.6) is 11.5 Å². The molecule has 5 nitrogen and oxygen atoms in total. The summed E-state index contributed by atoms with van der Waals surface area (Å²) in [4.78, 5) is 16.4. The molecule has 0 atom stereocenters. The molecular formula is C20H14N2O3S. The topological polar surface area (TPSA) is 71.7 Å². The van der Waals surface area contributed by atoms with E-state index in [2.05, 4.69) is 11.1 Å². The van der Waals surface area contributed by atoms with Gasteiger partial charge in [0, 0.05) is 6.21 Å². The van der Waals surface area contributed by atoms with Crippen LogP contribution in [0.25, 0.3) is 0 Å². The Morgan fingerprint density at radius 2 is 1.77 bits per heavy atom. The summed E-state index contributed by atoms with van der Waals surface area (Å²) in [6.45, 7) is 0. The first-order valence-corrected chi connectivity index (χ1v) is 8.55. The first-order chi connectivity index (χ1) is 12.7. The van der Waals surface area contributed by atoms with Crippen molar-refractivity contribution in [3.8, 4) is 17.6 Å². The second kappa shape index (κ2) is 8.10. The summed E-state index contributed by atoms with van der Waals surface area (Å²) in [5.74, 6) is 0.679. The standard InChI is InChI=1S/C20H14N2O3S/c1-24-17-8-4-15(5-9-17)20(23)25-18-6-2-14(3-7-18)13-22-19-16(12-21)10-11-26-19/h2-11,13H,1H3/b22-13+. The summed E-state index contributed by atoms with van der Waals surface area (Å²) in [5.41, 5.74) is 1.83. The molecule has 0 amide bonds. The van der Waals surface area contributed by atoms with E-state index in [9.17, 15) is 4.79 Å². The second-order valence-corrected chi connectivity index (χ2v) is 6.09. The summed E-state index contributed by atoms with van der Waals surface area (Å²) < 4.78 is 10.4. The van der Waals surface area contributed by atoms with E-state index in [1.54, 1.807) is 67.9 Å². The number of hydrogen-bond acceptors (Lipinski definition) is 6. The van der Waals surface area contributed by atoms with Crippen molar-refractivity contribution >= 4 is 28.5 Å². The predicted octanol–water partition coefficient (Wildman–Crippen LogP) is 4.60. The number of ether oxygens (including phenoxy) is 2. The van der Waals surface area contributed by atoms with Crippen LogP contribution >= 0.6 is 11.3 Å². The number of hydrogen-bond donors (Lipinski definition) is 0. The van der Waals surface area contributed by atoms with Crippen LogP contribution in [-0.2, 0) is 0 Å². The van der Waals surface area contributed by atoms with Crippen molar-refractivity contribution in [1.82, 2.24) is 0 Å². The largest absolute Gasteiger partial charge is 0.497 e. The van der Waals surface area contributed by atoms with Crippen molar-refractivity contribution in [2.45, 2.75) is 0 Å². The fourth-order valence-corrected chi connectivity index (χ4v) is 2.82. The maximum absolute atomic E-state index is 12.1. The van der Waals surface area contributed by atoms with E-state index in [0.717, 1.165) is 5.56 Å². The number of nitriles is 1. The molecule has 3 aromatic rings. The lowest BCUT2D eigenvalue weighted by Gasteiger charge is -2.05. The van der Waals surface area contributed by atoms with Crippen molar-refractivity contribution in [3.05, 3.63) is 76.7 Å². The van der Waals surface area contributed by atoms with Crippen LogP contribution in [0.3, 0.4) is 0 Å². The zero-order valence-corrected chi connectivity index (χ0v) is 14.7. The van der Waals surface area contributed by atoms with Gasteiger partial charge in [-0.25, -0.2) is 9.79 Å². The van der Waals surface area contributed by atoms with Gasteiger partial charge in [-0.3, -0.25) is 0 Å². The summed E-state index contributed by atoms with van der Waals surface area (Å²) in [6.07, 6.45) is 1.67. The molecule has 0 spiro atoms. The minimum Gasteiger partial charge on any atom is -0.497 e. The molecule has 1 heterocycles.